The molecule has 0 spiro atoms. The lowest BCUT2D eigenvalue weighted by atomic mass is 10.4. The van der Waals surface area contributed by atoms with Crippen LogP contribution in [0, 0.1) is 0 Å². The van der Waals surface area contributed by atoms with Crippen LogP contribution in [0.2, 0.25) is 24.2 Å². The van der Waals surface area contributed by atoms with Crippen molar-refractivity contribution >= 4 is 36.1 Å². The molecule has 1 aliphatic heterocycles. The standard InChI is InChI=1S/C20H30O3Si3/c1-5-24(6-2)21-25(7-3,8-4)23-26(22-24,19-15-11-9-12-16-19)20-17-13-10-14-18-20/h9-18H,5-8H2,1-4H3. The summed E-state index contributed by atoms with van der Waals surface area (Å²) in [4.78, 5) is 0. The maximum Gasteiger partial charge on any atom is 0.389 e. The summed E-state index contributed by atoms with van der Waals surface area (Å²) in [5, 5.41) is 2.40. The van der Waals surface area contributed by atoms with E-state index < -0.39 is 25.7 Å². The monoisotopic (exact) mass is 402 g/mol. The molecule has 0 radical (unpaired) electrons. The van der Waals surface area contributed by atoms with Crippen molar-refractivity contribution in [2.45, 2.75) is 51.9 Å². The van der Waals surface area contributed by atoms with Gasteiger partial charge in [-0.25, -0.2) is 0 Å². The Labute approximate surface area is 161 Å². The van der Waals surface area contributed by atoms with Crippen LogP contribution < -0.4 is 10.4 Å². The van der Waals surface area contributed by atoms with Gasteiger partial charge < -0.3 is 12.3 Å². The quantitative estimate of drug-likeness (QED) is 0.675. The van der Waals surface area contributed by atoms with E-state index in [1.54, 1.807) is 0 Å². The predicted octanol–water partition coefficient (Wildman–Crippen LogP) is 4.27. The molecule has 1 heterocycles. The van der Waals surface area contributed by atoms with Crippen molar-refractivity contribution in [2.75, 3.05) is 0 Å². The maximum atomic E-state index is 7.06. The molecule has 2 aromatic rings. The Balaban J connectivity index is 2.25. The van der Waals surface area contributed by atoms with Gasteiger partial charge in [0.1, 0.15) is 0 Å². The lowest BCUT2D eigenvalue weighted by Gasteiger charge is -2.53. The number of hydrogen-bond donors (Lipinski definition) is 0. The third-order valence-electron chi connectivity index (χ3n) is 5.49. The van der Waals surface area contributed by atoms with E-state index in [0.29, 0.717) is 0 Å². The van der Waals surface area contributed by atoms with Gasteiger partial charge in [-0.2, -0.15) is 0 Å². The third-order valence-corrected chi connectivity index (χ3v) is 20.2. The Hall–Kier alpha value is -1.03. The maximum absolute atomic E-state index is 7.06. The SMILES string of the molecule is CC[Si]1(CC)O[Si](CC)(CC)O[Si](c2ccccc2)(c2ccccc2)O1. The highest BCUT2D eigenvalue weighted by molar-refractivity contribution is 7.05. The molecule has 1 fully saturated rings. The van der Waals surface area contributed by atoms with Gasteiger partial charge in [0.05, 0.1) is 0 Å². The summed E-state index contributed by atoms with van der Waals surface area (Å²) in [6.45, 7) is 8.89. The molecule has 2 aromatic carbocycles. The molecule has 140 valence electrons. The van der Waals surface area contributed by atoms with Crippen LogP contribution in [0.1, 0.15) is 27.7 Å². The second-order valence-corrected chi connectivity index (χ2v) is 18.2. The number of hydrogen-bond acceptors (Lipinski definition) is 3. The summed E-state index contributed by atoms with van der Waals surface area (Å²) >= 11 is 0. The van der Waals surface area contributed by atoms with Crippen LogP contribution in [0.4, 0.5) is 0 Å². The minimum atomic E-state index is -2.79. The zero-order valence-corrected chi connectivity index (χ0v) is 19.3. The Bertz CT molecular complexity index is 639. The van der Waals surface area contributed by atoms with Crippen molar-refractivity contribution in [3.63, 3.8) is 0 Å². The fraction of sp³-hybridized carbons (Fsp3) is 0.400. The van der Waals surface area contributed by atoms with Gasteiger partial charge >= 0.3 is 25.7 Å². The molecular weight excluding hydrogens is 372 g/mol. The summed E-state index contributed by atoms with van der Waals surface area (Å²) in [7, 11) is -7.41. The first kappa shape index (κ1) is 19.7. The minimum Gasteiger partial charge on any atom is -0.415 e. The van der Waals surface area contributed by atoms with E-state index in [9.17, 15) is 0 Å². The largest absolute Gasteiger partial charge is 0.415 e. The molecule has 0 bridgehead atoms. The van der Waals surface area contributed by atoms with E-state index in [-0.39, 0.29) is 0 Å². The average molecular weight is 403 g/mol. The topological polar surface area (TPSA) is 27.7 Å². The average Bonchev–Trinajstić information content (AvgIpc) is 2.74. The van der Waals surface area contributed by atoms with Gasteiger partial charge in [-0.1, -0.05) is 88.4 Å². The van der Waals surface area contributed by atoms with Gasteiger partial charge in [0.25, 0.3) is 0 Å². The van der Waals surface area contributed by atoms with Crippen LogP contribution in [0.3, 0.4) is 0 Å². The molecule has 3 rings (SSSR count). The molecular formula is C20H30O3Si3. The molecule has 0 unspecified atom stereocenters. The van der Waals surface area contributed by atoms with Crippen molar-refractivity contribution < 1.29 is 12.3 Å². The molecule has 0 saturated carbocycles. The van der Waals surface area contributed by atoms with Gasteiger partial charge in [0.15, 0.2) is 0 Å². The molecule has 3 nitrogen and oxygen atoms in total. The Morgan fingerprint density at radius 3 is 1.19 bits per heavy atom. The van der Waals surface area contributed by atoms with E-state index in [1.165, 1.54) is 10.4 Å². The first-order valence-corrected chi connectivity index (χ1v) is 16.1. The lowest BCUT2D eigenvalue weighted by molar-refractivity contribution is 0.229. The molecule has 0 atom stereocenters. The van der Waals surface area contributed by atoms with E-state index in [1.807, 2.05) is 0 Å². The van der Waals surface area contributed by atoms with Crippen molar-refractivity contribution in [1.82, 2.24) is 0 Å². The Morgan fingerprint density at radius 1 is 0.538 bits per heavy atom. The second kappa shape index (κ2) is 7.92. The number of benzene rings is 2. The van der Waals surface area contributed by atoms with Gasteiger partial charge in [-0.3, -0.25) is 0 Å². The van der Waals surface area contributed by atoms with E-state index in [2.05, 4.69) is 88.4 Å². The Kier molecular flexibility index (Phi) is 6.01. The van der Waals surface area contributed by atoms with Gasteiger partial charge in [-0.05, 0) is 34.5 Å². The van der Waals surface area contributed by atoms with Crippen LogP contribution in [-0.4, -0.2) is 25.7 Å². The predicted molar refractivity (Wildman–Crippen MR) is 115 cm³/mol. The third kappa shape index (κ3) is 3.42. The van der Waals surface area contributed by atoms with Crippen LogP contribution in [-0.2, 0) is 12.3 Å². The molecule has 0 amide bonds. The zero-order valence-electron chi connectivity index (χ0n) is 16.3. The molecule has 0 N–H and O–H groups in total. The van der Waals surface area contributed by atoms with Crippen molar-refractivity contribution in [3.05, 3.63) is 60.7 Å². The summed E-state index contributed by atoms with van der Waals surface area (Å²) < 4.78 is 20.9. The molecule has 1 aliphatic rings. The van der Waals surface area contributed by atoms with E-state index in [0.717, 1.165) is 24.2 Å². The molecule has 0 aromatic heterocycles. The van der Waals surface area contributed by atoms with Crippen molar-refractivity contribution in [3.8, 4) is 0 Å². The number of rotatable bonds is 6. The molecule has 1 saturated heterocycles. The minimum absolute atomic E-state index is 0.968. The van der Waals surface area contributed by atoms with E-state index in [4.69, 9.17) is 12.3 Å². The highest BCUT2D eigenvalue weighted by Crippen LogP contribution is 2.38. The summed E-state index contributed by atoms with van der Waals surface area (Å²) in [5.74, 6) is 0. The van der Waals surface area contributed by atoms with Crippen LogP contribution in [0.5, 0.6) is 0 Å². The zero-order chi connectivity index (χ0) is 18.7. The fourth-order valence-corrected chi connectivity index (χ4v) is 21.3. The van der Waals surface area contributed by atoms with Gasteiger partial charge in [0.2, 0.25) is 0 Å². The smallest absolute Gasteiger partial charge is 0.389 e. The first-order valence-electron chi connectivity index (χ1n) is 9.79. The van der Waals surface area contributed by atoms with Crippen LogP contribution in [0.15, 0.2) is 60.7 Å². The molecule has 26 heavy (non-hydrogen) atoms. The van der Waals surface area contributed by atoms with E-state index >= 15 is 0 Å². The van der Waals surface area contributed by atoms with Crippen molar-refractivity contribution in [2.24, 2.45) is 0 Å². The normalized spacial score (nSPS) is 20.6. The van der Waals surface area contributed by atoms with Gasteiger partial charge in [0, 0.05) is 0 Å². The Morgan fingerprint density at radius 2 is 0.885 bits per heavy atom. The second-order valence-electron chi connectivity index (χ2n) is 6.89. The molecule has 0 aliphatic carbocycles. The fourth-order valence-electron chi connectivity index (χ4n) is 3.72. The van der Waals surface area contributed by atoms with Gasteiger partial charge in [-0.15, -0.1) is 0 Å². The summed E-state index contributed by atoms with van der Waals surface area (Å²) in [6, 6.07) is 25.1. The van der Waals surface area contributed by atoms with Crippen molar-refractivity contribution in [1.29, 1.82) is 0 Å². The van der Waals surface area contributed by atoms with Crippen LogP contribution >= 0.6 is 0 Å². The van der Waals surface area contributed by atoms with Crippen LogP contribution in [0.25, 0.3) is 0 Å². The highest BCUT2D eigenvalue weighted by Gasteiger charge is 2.61. The summed E-state index contributed by atoms with van der Waals surface area (Å²) in [6.07, 6.45) is 0. The highest BCUT2D eigenvalue weighted by atomic mass is 28.5. The first-order chi connectivity index (χ1) is 12.6. The lowest BCUT2D eigenvalue weighted by Crippen LogP contribution is -2.78. The molecule has 6 heteroatoms. The summed E-state index contributed by atoms with van der Waals surface area (Å²) in [5.41, 5.74) is 0.